The van der Waals surface area contributed by atoms with Crippen LogP contribution in [-0.2, 0) is 26.0 Å². The van der Waals surface area contributed by atoms with Gasteiger partial charge in [-0.25, -0.2) is 17.6 Å². The van der Waals surface area contributed by atoms with E-state index in [1.807, 2.05) is 6.07 Å². The summed E-state index contributed by atoms with van der Waals surface area (Å²) in [5, 5.41) is 11.2. The first-order valence-electron chi connectivity index (χ1n) is 9.58. The number of carbonyl (C=O) groups is 2. The maximum absolute atomic E-state index is 13.0. The van der Waals surface area contributed by atoms with Crippen molar-refractivity contribution < 1.29 is 27.1 Å². The summed E-state index contributed by atoms with van der Waals surface area (Å²) >= 11 is 0. The van der Waals surface area contributed by atoms with Crippen LogP contribution in [0.15, 0.2) is 77.7 Å². The maximum atomic E-state index is 13.0. The average Bonchev–Trinajstić information content (AvgIpc) is 2.80. The minimum atomic E-state index is -4.04. The van der Waals surface area contributed by atoms with Crippen LogP contribution in [0.1, 0.15) is 15.9 Å². The van der Waals surface area contributed by atoms with Crippen molar-refractivity contribution in [3.8, 4) is 6.07 Å². The number of carbonyl (C=O) groups excluding carboxylic acids is 2. The summed E-state index contributed by atoms with van der Waals surface area (Å²) in [6, 6.07) is 18.5. The molecule has 0 heterocycles. The van der Waals surface area contributed by atoms with Crippen LogP contribution >= 0.6 is 0 Å². The van der Waals surface area contributed by atoms with Crippen LogP contribution in [0.4, 0.5) is 15.8 Å². The lowest BCUT2D eigenvalue weighted by Crippen LogP contribution is -2.21. The molecule has 0 fully saturated rings. The number of benzene rings is 3. The number of ether oxygens (including phenoxy) is 1. The molecule has 0 unspecified atom stereocenters. The van der Waals surface area contributed by atoms with E-state index in [-0.39, 0.29) is 22.6 Å². The van der Waals surface area contributed by atoms with Gasteiger partial charge in [-0.3, -0.25) is 9.52 Å². The lowest BCUT2D eigenvalue weighted by molar-refractivity contribution is -0.119. The molecule has 0 saturated carbocycles. The van der Waals surface area contributed by atoms with Crippen LogP contribution in [0, 0.1) is 17.1 Å². The predicted molar refractivity (Wildman–Crippen MR) is 118 cm³/mol. The molecular formula is C23H18FN3O5S. The second-order valence-corrected chi connectivity index (χ2v) is 8.48. The summed E-state index contributed by atoms with van der Waals surface area (Å²) in [6.07, 6.45) is 0.250. The Morgan fingerprint density at radius 2 is 1.64 bits per heavy atom. The lowest BCUT2D eigenvalue weighted by atomic mass is 10.1. The van der Waals surface area contributed by atoms with E-state index in [2.05, 4.69) is 10.0 Å². The summed E-state index contributed by atoms with van der Waals surface area (Å²) in [6.45, 7) is -0.580. The van der Waals surface area contributed by atoms with Crippen molar-refractivity contribution in [1.29, 1.82) is 5.26 Å². The first-order chi connectivity index (χ1) is 15.8. The number of nitrogens with one attached hydrogen (secondary N) is 2. The molecule has 3 aromatic carbocycles. The number of nitriles is 1. The molecule has 1 amide bonds. The fourth-order valence-corrected chi connectivity index (χ4v) is 3.84. The third kappa shape index (κ3) is 6.62. The summed E-state index contributed by atoms with van der Waals surface area (Å²) in [5.74, 6) is -1.98. The van der Waals surface area contributed by atoms with Crippen LogP contribution in [0.25, 0.3) is 0 Å². The van der Waals surface area contributed by atoms with Gasteiger partial charge in [-0.15, -0.1) is 0 Å². The van der Waals surface area contributed by atoms with Crippen molar-refractivity contribution >= 4 is 33.3 Å². The maximum Gasteiger partial charge on any atom is 0.338 e. The van der Waals surface area contributed by atoms with E-state index < -0.39 is 34.3 Å². The highest BCUT2D eigenvalue weighted by atomic mass is 32.2. The Morgan fingerprint density at radius 3 is 2.30 bits per heavy atom. The zero-order chi connectivity index (χ0) is 23.8. The molecule has 3 rings (SSSR count). The second kappa shape index (κ2) is 10.4. The summed E-state index contributed by atoms with van der Waals surface area (Å²) in [7, 11) is -4.04. The number of halogens is 1. The van der Waals surface area contributed by atoms with E-state index in [1.165, 1.54) is 30.3 Å². The highest BCUT2D eigenvalue weighted by Crippen LogP contribution is 2.18. The van der Waals surface area contributed by atoms with Gasteiger partial charge < -0.3 is 10.1 Å². The van der Waals surface area contributed by atoms with Crippen LogP contribution in [0.3, 0.4) is 0 Å². The van der Waals surface area contributed by atoms with Crippen molar-refractivity contribution in [3.05, 3.63) is 89.7 Å². The third-order valence-corrected chi connectivity index (χ3v) is 5.71. The van der Waals surface area contributed by atoms with E-state index >= 15 is 0 Å². The Kier molecular flexibility index (Phi) is 7.38. The summed E-state index contributed by atoms with van der Waals surface area (Å²) in [4.78, 5) is 24.1. The van der Waals surface area contributed by atoms with E-state index in [9.17, 15) is 22.4 Å². The molecule has 0 saturated heterocycles. The highest BCUT2D eigenvalue weighted by Gasteiger charge is 2.18. The fraction of sp³-hybridized carbons (Fsp3) is 0.0870. The molecule has 0 aromatic heterocycles. The minimum absolute atomic E-state index is 0.0642. The van der Waals surface area contributed by atoms with Gasteiger partial charge in [-0.05, 0) is 60.2 Å². The topological polar surface area (TPSA) is 125 Å². The number of rotatable bonds is 8. The van der Waals surface area contributed by atoms with Gasteiger partial charge in [0, 0.05) is 11.4 Å². The van der Waals surface area contributed by atoms with Crippen molar-refractivity contribution in [2.75, 3.05) is 16.6 Å². The molecule has 0 aliphatic heterocycles. The smallest absolute Gasteiger partial charge is 0.338 e. The molecule has 0 aliphatic carbocycles. The Morgan fingerprint density at radius 1 is 0.970 bits per heavy atom. The number of amides is 1. The van der Waals surface area contributed by atoms with Crippen LogP contribution in [0.2, 0.25) is 0 Å². The zero-order valence-electron chi connectivity index (χ0n) is 17.1. The average molecular weight is 467 g/mol. The lowest BCUT2D eigenvalue weighted by Gasteiger charge is -2.10. The largest absolute Gasteiger partial charge is 0.452 e. The van der Waals surface area contributed by atoms with Gasteiger partial charge >= 0.3 is 5.97 Å². The molecule has 0 radical (unpaired) electrons. The first-order valence-corrected chi connectivity index (χ1v) is 11.1. The van der Waals surface area contributed by atoms with Crippen molar-refractivity contribution in [2.45, 2.75) is 11.3 Å². The number of esters is 1. The third-order valence-electron chi connectivity index (χ3n) is 4.33. The number of anilines is 2. The number of nitrogens with zero attached hydrogens (tertiary/aromatic N) is 1. The normalized spacial score (nSPS) is 10.7. The molecule has 0 aliphatic rings. The standard InChI is InChI=1S/C23H18FN3O5S/c24-18-6-10-20(11-7-18)27-33(30,31)21-3-1-2-17(14-21)23(29)32-15-22(28)26-19-8-4-16(5-9-19)12-13-25/h1-11,14,27H,12,15H2,(H,26,28). The van der Waals surface area contributed by atoms with Gasteiger partial charge in [0.25, 0.3) is 15.9 Å². The van der Waals surface area contributed by atoms with E-state index in [0.29, 0.717) is 5.69 Å². The van der Waals surface area contributed by atoms with Gasteiger partial charge in [0.15, 0.2) is 6.61 Å². The quantitative estimate of drug-likeness (QED) is 0.489. The van der Waals surface area contributed by atoms with Gasteiger partial charge in [-0.1, -0.05) is 18.2 Å². The molecule has 0 bridgehead atoms. The Balaban J connectivity index is 1.60. The van der Waals surface area contributed by atoms with Crippen molar-refractivity contribution in [1.82, 2.24) is 0 Å². The molecular weight excluding hydrogens is 449 g/mol. The van der Waals surface area contributed by atoms with E-state index in [1.54, 1.807) is 24.3 Å². The SMILES string of the molecule is N#CCc1ccc(NC(=O)COC(=O)c2cccc(S(=O)(=O)Nc3ccc(F)cc3)c2)cc1. The number of hydrogen-bond acceptors (Lipinski definition) is 6. The molecule has 0 atom stereocenters. The number of hydrogen-bond donors (Lipinski definition) is 2. The molecule has 33 heavy (non-hydrogen) atoms. The molecule has 2 N–H and O–H groups in total. The molecule has 10 heteroatoms. The summed E-state index contributed by atoms with van der Waals surface area (Å²) < 4.78 is 45.4. The van der Waals surface area contributed by atoms with E-state index in [0.717, 1.165) is 23.8 Å². The predicted octanol–water partition coefficient (Wildman–Crippen LogP) is 3.49. The highest BCUT2D eigenvalue weighted by molar-refractivity contribution is 7.92. The van der Waals surface area contributed by atoms with Gasteiger partial charge in [-0.2, -0.15) is 5.26 Å². The fourth-order valence-electron chi connectivity index (χ4n) is 2.73. The number of sulfonamides is 1. The van der Waals surface area contributed by atoms with Crippen LogP contribution in [-0.4, -0.2) is 26.9 Å². The zero-order valence-corrected chi connectivity index (χ0v) is 17.9. The van der Waals surface area contributed by atoms with Gasteiger partial charge in [0.1, 0.15) is 5.82 Å². The molecule has 8 nitrogen and oxygen atoms in total. The Hall–Kier alpha value is -4.23. The first kappa shape index (κ1) is 23.4. The van der Waals surface area contributed by atoms with Gasteiger partial charge in [0.05, 0.1) is 22.9 Å². The van der Waals surface area contributed by atoms with E-state index in [4.69, 9.17) is 10.00 Å². The minimum Gasteiger partial charge on any atom is -0.452 e. The van der Waals surface area contributed by atoms with Crippen molar-refractivity contribution in [3.63, 3.8) is 0 Å². The Labute approximate surface area is 189 Å². The molecule has 168 valence electrons. The van der Waals surface area contributed by atoms with Crippen LogP contribution in [0.5, 0.6) is 0 Å². The van der Waals surface area contributed by atoms with Crippen molar-refractivity contribution in [2.24, 2.45) is 0 Å². The molecule has 3 aromatic rings. The van der Waals surface area contributed by atoms with Crippen LogP contribution < -0.4 is 10.0 Å². The Bertz CT molecular complexity index is 1300. The van der Waals surface area contributed by atoms with Gasteiger partial charge in [0.2, 0.25) is 0 Å². The monoisotopic (exact) mass is 467 g/mol. The second-order valence-electron chi connectivity index (χ2n) is 6.80. The molecule has 0 spiro atoms. The summed E-state index contributed by atoms with van der Waals surface area (Å²) in [5.41, 5.74) is 1.36.